The zero-order valence-electron chi connectivity index (χ0n) is 39.8. The molecule has 0 aliphatic heterocycles. The Balaban J connectivity index is 1.56. The summed E-state index contributed by atoms with van der Waals surface area (Å²) >= 11 is 0. The molecule has 3 aromatic carbocycles. The Labute approximate surface area is 401 Å². The van der Waals surface area contributed by atoms with Crippen molar-refractivity contribution in [2.24, 2.45) is 0 Å². The highest BCUT2D eigenvalue weighted by molar-refractivity contribution is 5.99. The second kappa shape index (κ2) is 26.6. The summed E-state index contributed by atoms with van der Waals surface area (Å²) < 4.78 is 17.7. The van der Waals surface area contributed by atoms with Crippen LogP contribution in [-0.4, -0.2) is 90.7 Å². The summed E-state index contributed by atoms with van der Waals surface area (Å²) in [5.41, 5.74) is 0.0142. The number of carbonyl (C=O) groups is 3. The molecule has 0 saturated carbocycles. The lowest BCUT2D eigenvalue weighted by Crippen LogP contribution is -2.55. The maximum Gasteiger partial charge on any atom is 0.348 e. The van der Waals surface area contributed by atoms with Crippen LogP contribution < -0.4 is 31.8 Å². The van der Waals surface area contributed by atoms with E-state index in [1.807, 2.05) is 77.9 Å². The van der Waals surface area contributed by atoms with Crippen LogP contribution in [0.2, 0.25) is 0 Å². The third-order valence-corrected chi connectivity index (χ3v) is 11.0. The first kappa shape index (κ1) is 53.2. The quantitative estimate of drug-likeness (QED) is 0.0383. The predicted molar refractivity (Wildman–Crippen MR) is 263 cm³/mol. The Morgan fingerprint density at radius 3 is 0.841 bits per heavy atom. The number of nitriles is 3. The van der Waals surface area contributed by atoms with Crippen molar-refractivity contribution in [1.82, 2.24) is 13.7 Å². The van der Waals surface area contributed by atoms with Crippen molar-refractivity contribution in [3.8, 4) is 18.2 Å². The highest BCUT2D eigenvalue weighted by Crippen LogP contribution is 2.20. The van der Waals surface area contributed by atoms with Gasteiger partial charge in [0.15, 0.2) is 0 Å². The monoisotopic (exact) mass is 939 g/mol. The van der Waals surface area contributed by atoms with Gasteiger partial charge in [0, 0.05) is 56.3 Å². The largest absolute Gasteiger partial charge is 0.460 e. The predicted octanol–water partition coefficient (Wildman–Crippen LogP) is 5.16. The summed E-state index contributed by atoms with van der Waals surface area (Å²) in [7, 11) is 0. The van der Waals surface area contributed by atoms with Crippen LogP contribution >= 0.6 is 0 Å². The van der Waals surface area contributed by atoms with E-state index in [2.05, 4.69) is 14.7 Å². The lowest BCUT2D eigenvalue weighted by molar-refractivity contribution is -0.139. The number of benzene rings is 3. The third-order valence-electron chi connectivity index (χ3n) is 11.0. The number of esters is 3. The molecule has 18 nitrogen and oxygen atoms in total. The molecule has 0 unspecified atom stereocenters. The topological polar surface area (TPSA) is 226 Å². The smallest absolute Gasteiger partial charge is 0.348 e. The Kier molecular flexibility index (Phi) is 20.5. The molecular formula is C51H57N9O9. The summed E-state index contributed by atoms with van der Waals surface area (Å²) in [6, 6.07) is 27.0. The fraction of sp³-hybridized carbons (Fsp3) is 0.353. The number of nitrogens with zero attached hydrogens (tertiary/aromatic N) is 9. The van der Waals surface area contributed by atoms with Gasteiger partial charge in [-0.3, -0.25) is 0 Å². The number of hydrogen-bond donors (Lipinski definition) is 0. The van der Waals surface area contributed by atoms with Crippen LogP contribution in [0.25, 0.3) is 18.2 Å². The minimum atomic E-state index is -1.15. The van der Waals surface area contributed by atoms with E-state index in [0.29, 0.717) is 30.4 Å². The van der Waals surface area contributed by atoms with Crippen LogP contribution in [0, 0.1) is 34.0 Å². The van der Waals surface area contributed by atoms with Crippen LogP contribution in [0.3, 0.4) is 0 Å². The Bertz CT molecular complexity index is 2490. The molecule has 0 fully saturated rings. The van der Waals surface area contributed by atoms with Gasteiger partial charge in [0.2, 0.25) is 0 Å². The van der Waals surface area contributed by atoms with Gasteiger partial charge in [-0.1, -0.05) is 36.4 Å². The van der Waals surface area contributed by atoms with Crippen LogP contribution in [0.5, 0.6) is 0 Å². The van der Waals surface area contributed by atoms with E-state index in [1.54, 1.807) is 54.6 Å². The SMILES string of the molecule is CCN(CC)c1ccc(C=C(C#N)C(=O)OCCn2c(=O)n(CCOC(=O)C(C#N)=Cc3ccc(N(CC)CC)cc3)c(=O)n(CCOC(=O)C(C#N)=Cc3ccc(N(CC)CC)cc3)c2=O)cc1. The molecular weight excluding hydrogens is 883 g/mol. The van der Waals surface area contributed by atoms with E-state index in [0.717, 1.165) is 56.3 Å². The number of ether oxygens (including phenoxy) is 3. The molecule has 0 amide bonds. The first-order valence-electron chi connectivity index (χ1n) is 22.7. The van der Waals surface area contributed by atoms with Crippen molar-refractivity contribution < 1.29 is 28.6 Å². The summed E-state index contributed by atoms with van der Waals surface area (Å²) in [4.78, 5) is 86.7. The molecule has 4 rings (SSSR count). The molecule has 0 N–H and O–H groups in total. The number of anilines is 3. The second-order valence-corrected chi connectivity index (χ2v) is 15.0. The lowest BCUT2D eigenvalue weighted by Gasteiger charge is -2.20. The zero-order chi connectivity index (χ0) is 50.5. The van der Waals surface area contributed by atoms with Crippen LogP contribution in [-0.2, 0) is 48.2 Å². The normalized spacial score (nSPS) is 11.4. The average Bonchev–Trinajstić information content (AvgIpc) is 3.36. The molecule has 0 spiro atoms. The van der Waals surface area contributed by atoms with Crippen molar-refractivity contribution in [3.63, 3.8) is 0 Å². The van der Waals surface area contributed by atoms with Gasteiger partial charge in [0.25, 0.3) is 0 Å². The molecule has 18 heteroatoms. The third kappa shape index (κ3) is 14.3. The van der Waals surface area contributed by atoms with Gasteiger partial charge in [-0.05, 0) is 113 Å². The highest BCUT2D eigenvalue weighted by Gasteiger charge is 2.20. The van der Waals surface area contributed by atoms with Gasteiger partial charge in [0.1, 0.15) is 54.7 Å². The van der Waals surface area contributed by atoms with Crippen LogP contribution in [0.4, 0.5) is 17.1 Å². The van der Waals surface area contributed by atoms with Gasteiger partial charge in [0.05, 0.1) is 19.6 Å². The molecule has 0 radical (unpaired) electrons. The van der Waals surface area contributed by atoms with Crippen molar-refractivity contribution in [3.05, 3.63) is 138 Å². The van der Waals surface area contributed by atoms with E-state index in [1.165, 1.54) is 18.2 Å². The fourth-order valence-corrected chi connectivity index (χ4v) is 7.20. The van der Waals surface area contributed by atoms with Crippen LogP contribution in [0.1, 0.15) is 58.2 Å². The maximum absolute atomic E-state index is 13.8. The fourth-order valence-electron chi connectivity index (χ4n) is 7.20. The molecule has 360 valence electrons. The van der Waals surface area contributed by atoms with Gasteiger partial charge >= 0.3 is 35.0 Å². The van der Waals surface area contributed by atoms with Crippen LogP contribution in [0.15, 0.2) is 104 Å². The van der Waals surface area contributed by atoms with Gasteiger partial charge in [-0.15, -0.1) is 0 Å². The Hall–Kier alpha value is -8.43. The van der Waals surface area contributed by atoms with E-state index < -0.39 is 74.4 Å². The molecule has 0 bridgehead atoms. The standard InChI is InChI=1S/C51H57N9O9/c1-7-55(8-2)43-19-13-37(14-20-43)31-40(34-52)46(61)67-28-25-58-49(64)59(26-29-68-47(62)41(35-53)32-38-15-21-44(22-16-38)56(9-3)10-4)51(66)60(50(58)65)27-30-69-48(63)42(36-54)33-39-17-23-45(24-18-39)57(11-5)12-6/h13-24,31-33H,7-12,25-30H2,1-6H3. The van der Waals surface area contributed by atoms with Gasteiger partial charge < -0.3 is 28.9 Å². The van der Waals surface area contributed by atoms with Crippen molar-refractivity contribution in [2.45, 2.75) is 61.2 Å². The number of rotatable bonds is 24. The molecule has 4 aromatic rings. The first-order valence-corrected chi connectivity index (χ1v) is 22.7. The molecule has 1 heterocycles. The minimum Gasteiger partial charge on any atom is -0.460 e. The van der Waals surface area contributed by atoms with E-state index >= 15 is 0 Å². The summed E-state index contributed by atoms with van der Waals surface area (Å²) in [5, 5.41) is 29.3. The molecule has 0 atom stereocenters. The molecule has 1 aromatic heterocycles. The summed E-state index contributed by atoms with van der Waals surface area (Å²) in [6.07, 6.45) is 4.01. The zero-order valence-corrected chi connectivity index (χ0v) is 39.8. The van der Waals surface area contributed by atoms with Gasteiger partial charge in [-0.25, -0.2) is 42.5 Å². The minimum absolute atomic E-state index is 0.353. The maximum atomic E-state index is 13.8. The highest BCUT2D eigenvalue weighted by atomic mass is 16.5. The van der Waals surface area contributed by atoms with E-state index in [4.69, 9.17) is 14.2 Å². The van der Waals surface area contributed by atoms with Crippen molar-refractivity contribution in [1.29, 1.82) is 15.8 Å². The first-order chi connectivity index (χ1) is 33.3. The molecule has 0 aliphatic rings. The average molecular weight is 940 g/mol. The number of carbonyl (C=O) groups excluding carboxylic acids is 3. The van der Waals surface area contributed by atoms with Crippen molar-refractivity contribution >= 4 is 53.2 Å². The Morgan fingerprint density at radius 2 is 0.652 bits per heavy atom. The summed E-state index contributed by atoms with van der Waals surface area (Å²) in [6.45, 7) is 13.4. The van der Waals surface area contributed by atoms with E-state index in [-0.39, 0.29) is 16.7 Å². The second-order valence-electron chi connectivity index (χ2n) is 15.0. The lowest BCUT2D eigenvalue weighted by atomic mass is 10.1. The molecule has 0 aliphatic carbocycles. The van der Waals surface area contributed by atoms with Crippen molar-refractivity contribution in [2.75, 3.05) is 73.8 Å². The molecule has 69 heavy (non-hydrogen) atoms. The Morgan fingerprint density at radius 1 is 0.435 bits per heavy atom. The number of hydrogen-bond acceptors (Lipinski definition) is 15. The number of aromatic nitrogens is 3. The molecule has 0 saturated heterocycles. The van der Waals surface area contributed by atoms with E-state index in [9.17, 15) is 44.6 Å². The summed E-state index contributed by atoms with van der Waals surface area (Å²) in [5.74, 6) is -3.10. The van der Waals surface area contributed by atoms with Gasteiger partial charge in [-0.2, -0.15) is 15.8 Å².